The summed E-state index contributed by atoms with van der Waals surface area (Å²) in [5, 5.41) is 3.95. The third-order valence-electron chi connectivity index (χ3n) is 1.29. The maximum absolute atomic E-state index is 5.16. The smallest absolute Gasteiger partial charge is 0.184 e. The minimum atomic E-state index is 0.164. The Hall–Kier alpha value is -1.49. The van der Waals surface area contributed by atoms with Crippen molar-refractivity contribution in [2.75, 3.05) is 0 Å². The van der Waals surface area contributed by atoms with Gasteiger partial charge in [0.2, 0.25) is 0 Å². The van der Waals surface area contributed by atoms with E-state index in [0.717, 1.165) is 5.69 Å². The zero-order valence-corrected chi connectivity index (χ0v) is 7.79. The van der Waals surface area contributed by atoms with Gasteiger partial charge in [0.15, 0.2) is 5.11 Å². The Morgan fingerprint density at radius 3 is 3.15 bits per heavy atom. The maximum atomic E-state index is 5.16. The molecule has 68 valence electrons. The first-order valence-corrected chi connectivity index (χ1v) is 4.17. The summed E-state index contributed by atoms with van der Waals surface area (Å²) in [6.07, 6.45) is 4.07. The quantitative estimate of drug-likeness (QED) is 0.416. The Morgan fingerprint density at radius 1 is 1.69 bits per heavy atom. The van der Waals surface area contributed by atoms with Crippen molar-refractivity contribution >= 4 is 23.5 Å². The number of hydrogen-bond acceptors (Lipinski definition) is 3. The average molecular weight is 194 g/mol. The highest BCUT2D eigenvalue weighted by Gasteiger charge is 1.87. The Balaban J connectivity index is 2.35. The molecule has 0 radical (unpaired) electrons. The highest BCUT2D eigenvalue weighted by molar-refractivity contribution is 7.80. The molecule has 0 aliphatic heterocycles. The van der Waals surface area contributed by atoms with Crippen LogP contribution in [0.15, 0.2) is 29.5 Å². The van der Waals surface area contributed by atoms with Crippen molar-refractivity contribution in [1.82, 2.24) is 10.4 Å². The van der Waals surface area contributed by atoms with Gasteiger partial charge in [-0.15, -0.1) is 0 Å². The van der Waals surface area contributed by atoms with E-state index in [0.29, 0.717) is 6.42 Å². The van der Waals surface area contributed by atoms with Gasteiger partial charge in [0.25, 0.3) is 0 Å². The third kappa shape index (κ3) is 4.17. The molecule has 0 atom stereocenters. The fourth-order valence-electron chi connectivity index (χ4n) is 0.767. The zero-order valence-electron chi connectivity index (χ0n) is 6.97. The molecule has 0 fully saturated rings. The Bertz CT molecular complexity index is 296. The van der Waals surface area contributed by atoms with E-state index < -0.39 is 0 Å². The second kappa shape index (κ2) is 5.21. The predicted octanol–water partition coefficient (Wildman–Crippen LogP) is 0.443. The Morgan fingerprint density at radius 2 is 2.54 bits per heavy atom. The molecule has 0 aliphatic rings. The molecule has 0 saturated heterocycles. The van der Waals surface area contributed by atoms with Crippen molar-refractivity contribution in [3.63, 3.8) is 0 Å². The van der Waals surface area contributed by atoms with Crippen LogP contribution in [0.1, 0.15) is 5.69 Å². The molecule has 4 nitrogen and oxygen atoms in total. The van der Waals surface area contributed by atoms with Crippen molar-refractivity contribution in [3.8, 4) is 0 Å². The van der Waals surface area contributed by atoms with Gasteiger partial charge in [-0.1, -0.05) is 6.07 Å². The van der Waals surface area contributed by atoms with Crippen molar-refractivity contribution in [1.29, 1.82) is 0 Å². The number of pyridine rings is 1. The second-order valence-electron chi connectivity index (χ2n) is 2.31. The fourth-order valence-corrected chi connectivity index (χ4v) is 0.820. The molecule has 13 heavy (non-hydrogen) atoms. The molecule has 0 unspecified atom stereocenters. The molecular formula is C8H10N4S. The van der Waals surface area contributed by atoms with Gasteiger partial charge in [-0.2, -0.15) is 5.10 Å². The van der Waals surface area contributed by atoms with E-state index >= 15 is 0 Å². The molecule has 0 amide bonds. The summed E-state index contributed by atoms with van der Waals surface area (Å²) in [4.78, 5) is 4.11. The minimum absolute atomic E-state index is 0.164. The molecule has 5 heteroatoms. The van der Waals surface area contributed by atoms with Gasteiger partial charge in [0.05, 0.1) is 0 Å². The largest absolute Gasteiger partial charge is 0.375 e. The molecule has 3 N–H and O–H groups in total. The van der Waals surface area contributed by atoms with Crippen LogP contribution in [0.4, 0.5) is 0 Å². The van der Waals surface area contributed by atoms with Crippen LogP contribution in [0.3, 0.4) is 0 Å². The SMILES string of the molecule is NC(=S)N/N=C\Cc1ccccn1. The van der Waals surface area contributed by atoms with Crippen LogP contribution in [0.25, 0.3) is 0 Å². The minimum Gasteiger partial charge on any atom is -0.375 e. The van der Waals surface area contributed by atoms with Crippen LogP contribution in [0.5, 0.6) is 0 Å². The van der Waals surface area contributed by atoms with Gasteiger partial charge in [0.1, 0.15) is 0 Å². The average Bonchev–Trinajstić information content (AvgIpc) is 2.14. The molecule has 1 aromatic rings. The van der Waals surface area contributed by atoms with Crippen LogP contribution in [-0.2, 0) is 6.42 Å². The summed E-state index contributed by atoms with van der Waals surface area (Å²) in [5.41, 5.74) is 8.58. The van der Waals surface area contributed by atoms with E-state index in [2.05, 4.69) is 27.7 Å². The van der Waals surface area contributed by atoms with E-state index in [1.807, 2.05) is 18.2 Å². The van der Waals surface area contributed by atoms with Crippen molar-refractivity contribution in [2.24, 2.45) is 10.8 Å². The maximum Gasteiger partial charge on any atom is 0.184 e. The number of hydrazone groups is 1. The summed E-state index contributed by atoms with van der Waals surface area (Å²) in [6, 6.07) is 5.72. The van der Waals surface area contributed by atoms with Gasteiger partial charge >= 0.3 is 0 Å². The van der Waals surface area contributed by atoms with E-state index in [-0.39, 0.29) is 5.11 Å². The van der Waals surface area contributed by atoms with Crippen LogP contribution < -0.4 is 11.2 Å². The van der Waals surface area contributed by atoms with Crippen LogP contribution >= 0.6 is 12.2 Å². The number of nitrogens with one attached hydrogen (secondary N) is 1. The molecule has 0 aromatic carbocycles. The highest BCUT2D eigenvalue weighted by atomic mass is 32.1. The molecule has 0 aliphatic carbocycles. The summed E-state index contributed by atoms with van der Waals surface area (Å²) < 4.78 is 0. The topological polar surface area (TPSA) is 63.3 Å². The molecule has 1 rings (SSSR count). The lowest BCUT2D eigenvalue weighted by Gasteiger charge is -1.94. The first-order valence-electron chi connectivity index (χ1n) is 3.76. The van der Waals surface area contributed by atoms with Gasteiger partial charge in [-0.3, -0.25) is 10.4 Å². The van der Waals surface area contributed by atoms with Gasteiger partial charge in [-0.25, -0.2) is 0 Å². The summed E-state index contributed by atoms with van der Waals surface area (Å²) in [7, 11) is 0. The monoisotopic (exact) mass is 194 g/mol. The summed E-state index contributed by atoms with van der Waals surface area (Å²) in [6.45, 7) is 0. The van der Waals surface area contributed by atoms with E-state index in [1.54, 1.807) is 12.4 Å². The molecule has 0 bridgehead atoms. The number of hydrogen-bond donors (Lipinski definition) is 2. The van der Waals surface area contributed by atoms with Crippen molar-refractivity contribution in [2.45, 2.75) is 6.42 Å². The molecule has 0 spiro atoms. The van der Waals surface area contributed by atoms with Crippen LogP contribution in [0, 0.1) is 0 Å². The lowest BCUT2D eigenvalue weighted by molar-refractivity contribution is 1.02. The first kappa shape index (κ1) is 9.60. The molecule has 1 aromatic heterocycles. The van der Waals surface area contributed by atoms with Crippen LogP contribution in [0.2, 0.25) is 0 Å². The summed E-state index contributed by atoms with van der Waals surface area (Å²) in [5.74, 6) is 0. The third-order valence-corrected chi connectivity index (χ3v) is 1.38. The lowest BCUT2D eigenvalue weighted by Crippen LogP contribution is -2.24. The Kier molecular flexibility index (Phi) is 3.84. The second-order valence-corrected chi connectivity index (χ2v) is 2.75. The van der Waals surface area contributed by atoms with E-state index in [1.165, 1.54) is 0 Å². The van der Waals surface area contributed by atoms with E-state index in [9.17, 15) is 0 Å². The van der Waals surface area contributed by atoms with Gasteiger partial charge in [-0.05, 0) is 24.4 Å². The number of nitrogens with zero attached hydrogens (tertiary/aromatic N) is 2. The van der Waals surface area contributed by atoms with Gasteiger partial charge in [0, 0.05) is 24.5 Å². The molecular weight excluding hydrogens is 184 g/mol. The highest BCUT2D eigenvalue weighted by Crippen LogP contribution is 1.91. The zero-order chi connectivity index (χ0) is 9.52. The van der Waals surface area contributed by atoms with E-state index in [4.69, 9.17) is 5.73 Å². The lowest BCUT2D eigenvalue weighted by atomic mass is 10.3. The van der Waals surface area contributed by atoms with Crippen molar-refractivity contribution < 1.29 is 0 Å². The number of aromatic nitrogens is 1. The predicted molar refractivity (Wildman–Crippen MR) is 56.4 cm³/mol. The molecule has 1 heterocycles. The number of rotatable bonds is 3. The fraction of sp³-hybridized carbons (Fsp3) is 0.125. The van der Waals surface area contributed by atoms with Crippen molar-refractivity contribution in [3.05, 3.63) is 30.1 Å². The normalized spacial score (nSPS) is 10.2. The van der Waals surface area contributed by atoms with Gasteiger partial charge < -0.3 is 5.73 Å². The standard InChI is InChI=1S/C8H10N4S/c9-8(13)12-11-6-4-7-3-1-2-5-10-7/h1-3,5-6H,4H2,(H3,9,12,13)/b11-6-. The number of nitrogens with two attached hydrogens (primary N) is 1. The number of thiocarbonyl (C=S) groups is 1. The van der Waals surface area contributed by atoms with Crippen LogP contribution in [-0.4, -0.2) is 16.3 Å². The molecule has 0 saturated carbocycles. The summed E-state index contributed by atoms with van der Waals surface area (Å²) >= 11 is 4.56. The first-order chi connectivity index (χ1) is 6.29. The Labute approximate surface area is 81.9 Å².